The summed E-state index contributed by atoms with van der Waals surface area (Å²) in [7, 11) is 1.72. The van der Waals surface area contributed by atoms with Crippen molar-refractivity contribution >= 4 is 16.7 Å². The van der Waals surface area contributed by atoms with Crippen molar-refractivity contribution in [2.75, 3.05) is 7.05 Å². The number of hydrogen-bond acceptors (Lipinski definition) is 3. The number of nitrogens with one attached hydrogen (secondary N) is 1. The number of rotatable bonds is 4. The summed E-state index contributed by atoms with van der Waals surface area (Å²) in [5, 5.41) is 14.2. The Bertz CT molecular complexity index is 610. The number of carbonyl (C=O) groups is 1. The number of fused-ring (bicyclic) bond motifs is 1. The maximum absolute atomic E-state index is 11.0. The Balaban J connectivity index is 2.44. The molecule has 0 aliphatic heterocycles. The molecule has 0 aromatic heterocycles. The van der Waals surface area contributed by atoms with E-state index in [2.05, 4.69) is 11.4 Å². The monoisotopic (exact) mass is 258 g/mol. The number of carboxylic acids is 1. The number of aryl methyl sites for hydroxylation is 1. The van der Waals surface area contributed by atoms with Crippen LogP contribution < -0.4 is 11.1 Å². The third-order valence-electron chi connectivity index (χ3n) is 3.33. The Morgan fingerprint density at radius 1 is 1.21 bits per heavy atom. The van der Waals surface area contributed by atoms with Crippen molar-refractivity contribution in [3.05, 3.63) is 47.5 Å². The van der Waals surface area contributed by atoms with Crippen LogP contribution in [0.3, 0.4) is 0 Å². The first-order valence-corrected chi connectivity index (χ1v) is 6.19. The molecule has 4 heteroatoms. The Morgan fingerprint density at radius 2 is 1.84 bits per heavy atom. The lowest BCUT2D eigenvalue weighted by molar-refractivity contribution is -0.139. The normalized spacial score (nSPS) is 14.3. The van der Waals surface area contributed by atoms with Crippen LogP contribution >= 0.6 is 0 Å². The van der Waals surface area contributed by atoms with E-state index in [0.29, 0.717) is 0 Å². The number of carboxylic acid groups (broad SMARTS) is 1. The van der Waals surface area contributed by atoms with Gasteiger partial charge >= 0.3 is 5.97 Å². The topological polar surface area (TPSA) is 75.3 Å². The van der Waals surface area contributed by atoms with Gasteiger partial charge in [-0.1, -0.05) is 35.9 Å². The van der Waals surface area contributed by atoms with Crippen LogP contribution in [-0.4, -0.2) is 24.2 Å². The van der Waals surface area contributed by atoms with E-state index in [1.807, 2.05) is 37.3 Å². The molecule has 2 aromatic carbocycles. The summed E-state index contributed by atoms with van der Waals surface area (Å²) in [6.45, 7) is 2.05. The van der Waals surface area contributed by atoms with E-state index in [1.54, 1.807) is 7.05 Å². The maximum atomic E-state index is 11.0. The minimum atomic E-state index is -1.01. The van der Waals surface area contributed by atoms with Gasteiger partial charge in [-0.3, -0.25) is 4.79 Å². The highest BCUT2D eigenvalue weighted by molar-refractivity contribution is 5.84. The van der Waals surface area contributed by atoms with E-state index >= 15 is 0 Å². The molecule has 0 radical (unpaired) electrons. The zero-order chi connectivity index (χ0) is 14.0. The molecule has 2 aromatic rings. The molecular weight excluding hydrogens is 240 g/mol. The zero-order valence-corrected chi connectivity index (χ0v) is 11.1. The minimum absolute atomic E-state index is 0.400. The van der Waals surface area contributed by atoms with Crippen LogP contribution in [0.15, 0.2) is 36.4 Å². The summed E-state index contributed by atoms with van der Waals surface area (Å²) in [5.74, 6) is -1.01. The molecule has 0 saturated heterocycles. The number of hydrogen-bond donors (Lipinski definition) is 3. The van der Waals surface area contributed by atoms with Gasteiger partial charge in [0, 0.05) is 0 Å². The van der Waals surface area contributed by atoms with Crippen molar-refractivity contribution in [2.24, 2.45) is 5.73 Å². The Labute approximate surface area is 112 Å². The molecule has 0 aliphatic rings. The molecule has 2 atom stereocenters. The van der Waals surface area contributed by atoms with E-state index in [9.17, 15) is 4.79 Å². The first-order valence-electron chi connectivity index (χ1n) is 6.19. The predicted molar refractivity (Wildman–Crippen MR) is 76.1 cm³/mol. The van der Waals surface area contributed by atoms with Gasteiger partial charge in [-0.15, -0.1) is 0 Å². The highest BCUT2D eigenvalue weighted by Crippen LogP contribution is 2.23. The molecule has 0 heterocycles. The second kappa shape index (κ2) is 5.38. The Hall–Kier alpha value is -1.91. The lowest BCUT2D eigenvalue weighted by Gasteiger charge is -2.21. The van der Waals surface area contributed by atoms with Gasteiger partial charge in [0.2, 0.25) is 0 Å². The fourth-order valence-corrected chi connectivity index (χ4v) is 2.27. The molecule has 19 heavy (non-hydrogen) atoms. The fourth-order valence-electron chi connectivity index (χ4n) is 2.27. The molecular formula is C15H18N2O2. The van der Waals surface area contributed by atoms with Crippen molar-refractivity contribution in [1.82, 2.24) is 5.32 Å². The van der Waals surface area contributed by atoms with Crippen LogP contribution in [0.25, 0.3) is 10.8 Å². The molecule has 0 aliphatic carbocycles. The third kappa shape index (κ3) is 2.75. The summed E-state index contributed by atoms with van der Waals surface area (Å²) in [6, 6.07) is 10.7. The van der Waals surface area contributed by atoms with Gasteiger partial charge in [-0.25, -0.2) is 0 Å². The molecule has 0 amide bonds. The van der Waals surface area contributed by atoms with Crippen molar-refractivity contribution in [3.63, 3.8) is 0 Å². The fraction of sp³-hybridized carbons (Fsp3) is 0.267. The van der Waals surface area contributed by atoms with E-state index in [1.165, 1.54) is 5.56 Å². The molecule has 0 fully saturated rings. The molecule has 4 nitrogen and oxygen atoms in total. The van der Waals surface area contributed by atoms with Gasteiger partial charge in [-0.2, -0.15) is 0 Å². The van der Waals surface area contributed by atoms with Crippen molar-refractivity contribution in [1.29, 1.82) is 0 Å². The largest absolute Gasteiger partial charge is 0.480 e. The van der Waals surface area contributed by atoms with Gasteiger partial charge in [0.05, 0.1) is 6.04 Å². The van der Waals surface area contributed by atoms with E-state index < -0.39 is 18.1 Å². The van der Waals surface area contributed by atoms with Crippen molar-refractivity contribution < 1.29 is 9.90 Å². The van der Waals surface area contributed by atoms with Gasteiger partial charge in [0.25, 0.3) is 0 Å². The van der Waals surface area contributed by atoms with E-state index in [4.69, 9.17) is 10.8 Å². The lowest BCUT2D eigenvalue weighted by Crippen LogP contribution is -2.42. The quantitative estimate of drug-likeness (QED) is 0.782. The molecule has 2 unspecified atom stereocenters. The molecule has 2 rings (SSSR count). The summed E-state index contributed by atoms with van der Waals surface area (Å²) < 4.78 is 0. The zero-order valence-electron chi connectivity index (χ0n) is 11.1. The molecule has 0 saturated carbocycles. The number of likely N-dealkylation sites (N-methyl/N-ethyl adjacent to an activating group) is 1. The SMILES string of the molecule is CNC(c1ccc2cc(C)ccc2c1)C(N)C(=O)O. The van der Waals surface area contributed by atoms with Gasteiger partial charge < -0.3 is 16.2 Å². The molecule has 100 valence electrons. The average molecular weight is 258 g/mol. The van der Waals surface area contributed by atoms with Crippen LogP contribution in [0.1, 0.15) is 17.2 Å². The average Bonchev–Trinajstić information content (AvgIpc) is 2.39. The Kier molecular flexibility index (Phi) is 3.83. The van der Waals surface area contributed by atoms with Crippen LogP contribution in [-0.2, 0) is 4.79 Å². The smallest absolute Gasteiger partial charge is 0.322 e. The molecule has 4 N–H and O–H groups in total. The Morgan fingerprint density at radius 3 is 2.47 bits per heavy atom. The van der Waals surface area contributed by atoms with Crippen LogP contribution in [0.5, 0.6) is 0 Å². The number of benzene rings is 2. The number of nitrogens with two attached hydrogens (primary N) is 1. The lowest BCUT2D eigenvalue weighted by atomic mass is 9.96. The van der Waals surface area contributed by atoms with Crippen LogP contribution in [0.4, 0.5) is 0 Å². The molecule has 0 bridgehead atoms. The van der Waals surface area contributed by atoms with Crippen LogP contribution in [0, 0.1) is 6.92 Å². The summed E-state index contributed by atoms with van der Waals surface area (Å²) >= 11 is 0. The van der Waals surface area contributed by atoms with Crippen LogP contribution in [0.2, 0.25) is 0 Å². The minimum Gasteiger partial charge on any atom is -0.480 e. The van der Waals surface area contributed by atoms with Gasteiger partial charge in [-0.05, 0) is 36.4 Å². The van der Waals surface area contributed by atoms with Gasteiger partial charge in [0.15, 0.2) is 0 Å². The predicted octanol–water partition coefficient (Wildman–Crippen LogP) is 1.82. The highest BCUT2D eigenvalue weighted by atomic mass is 16.4. The second-order valence-electron chi connectivity index (χ2n) is 4.74. The summed E-state index contributed by atoms with van der Waals surface area (Å²) in [6.07, 6.45) is 0. The number of aliphatic carboxylic acids is 1. The summed E-state index contributed by atoms with van der Waals surface area (Å²) in [5.41, 5.74) is 7.79. The van der Waals surface area contributed by atoms with Crippen molar-refractivity contribution in [2.45, 2.75) is 19.0 Å². The standard InChI is InChI=1S/C15H18N2O2/c1-9-3-4-11-8-12(6-5-10(11)7-9)14(17-2)13(16)15(18)19/h3-8,13-14,17H,16H2,1-2H3,(H,18,19). The molecule has 0 spiro atoms. The first kappa shape index (κ1) is 13.5. The van der Waals surface area contributed by atoms with Gasteiger partial charge in [0.1, 0.15) is 6.04 Å². The highest BCUT2D eigenvalue weighted by Gasteiger charge is 2.24. The van der Waals surface area contributed by atoms with E-state index in [-0.39, 0.29) is 0 Å². The maximum Gasteiger partial charge on any atom is 0.322 e. The van der Waals surface area contributed by atoms with Crippen molar-refractivity contribution in [3.8, 4) is 0 Å². The third-order valence-corrected chi connectivity index (χ3v) is 3.33. The summed E-state index contributed by atoms with van der Waals surface area (Å²) in [4.78, 5) is 11.0. The first-order chi connectivity index (χ1) is 9.02. The second-order valence-corrected chi connectivity index (χ2v) is 4.74. The van der Waals surface area contributed by atoms with E-state index in [0.717, 1.165) is 16.3 Å².